The molecule has 4 aromatic heterocycles. The molecule has 8 rings (SSSR count). The molecule has 4 aromatic carbocycles. The summed E-state index contributed by atoms with van der Waals surface area (Å²) in [6.07, 6.45) is 6.52. The normalized spacial score (nSPS) is 10.4. The highest BCUT2D eigenvalue weighted by Gasteiger charge is 2.26. The molecular weight excluding hydrogens is 798 g/mol. The standard InChI is InChI=1S/C15H9ClN2O2.C14H10ClN3.C12H10N3O3P.CH4/c16-10-3-1-2-9(6-10)13-7-12(15(19)20)11-4-5-17-8-14(11)18-13;15-10-3-1-2-9(6-10)13-7-12(16)11-4-5-17-8-14(11)18-13;13-14-15-19(16,17-11-7-3-1-4-8-11)18-12-9-5-2-6-10-12;/h1-8H,(H,19,20);1-8H,(H2,16,18);1-10H;1H4. The lowest BCUT2D eigenvalue weighted by Crippen LogP contribution is -2.00. The number of benzene rings is 4. The molecule has 0 saturated heterocycles. The molecular formula is C42H33Cl2N8O5P. The highest BCUT2D eigenvalue weighted by Crippen LogP contribution is 2.50. The van der Waals surface area contributed by atoms with Crippen LogP contribution in [0.5, 0.6) is 11.5 Å². The van der Waals surface area contributed by atoms with E-state index in [2.05, 4.69) is 29.7 Å². The van der Waals surface area contributed by atoms with Crippen LogP contribution >= 0.6 is 30.9 Å². The van der Waals surface area contributed by atoms with Gasteiger partial charge in [-0.1, -0.05) is 91.3 Å². The Morgan fingerprint density at radius 1 is 0.690 bits per heavy atom. The Morgan fingerprint density at radius 3 is 1.66 bits per heavy atom. The van der Waals surface area contributed by atoms with Crippen LogP contribution in [0.1, 0.15) is 17.8 Å². The molecule has 58 heavy (non-hydrogen) atoms. The van der Waals surface area contributed by atoms with Gasteiger partial charge in [-0.2, -0.15) is 0 Å². The fourth-order valence-electron chi connectivity index (χ4n) is 5.29. The molecule has 0 aliphatic heterocycles. The van der Waals surface area contributed by atoms with Gasteiger partial charge in [0.1, 0.15) is 11.5 Å². The first kappa shape index (κ1) is 42.1. The van der Waals surface area contributed by atoms with E-state index >= 15 is 0 Å². The number of carbonyl (C=O) groups is 1. The summed E-state index contributed by atoms with van der Waals surface area (Å²) in [7, 11) is -3.95. The minimum atomic E-state index is -3.95. The first-order valence-electron chi connectivity index (χ1n) is 16.8. The molecule has 0 radical (unpaired) electrons. The van der Waals surface area contributed by atoms with Crippen LogP contribution in [0.3, 0.4) is 0 Å². The van der Waals surface area contributed by atoms with Crippen molar-refractivity contribution in [2.45, 2.75) is 7.43 Å². The van der Waals surface area contributed by atoms with Gasteiger partial charge in [0, 0.05) is 59.8 Å². The Kier molecular flexibility index (Phi) is 14.3. The minimum absolute atomic E-state index is 0. The molecule has 0 unspecified atom stereocenters. The van der Waals surface area contributed by atoms with Gasteiger partial charge in [-0.05, 0) is 78.3 Å². The smallest absolute Gasteiger partial charge is 0.478 e. The van der Waals surface area contributed by atoms with Crippen molar-refractivity contribution in [3.8, 4) is 34.0 Å². The average molecular weight is 832 g/mol. The summed E-state index contributed by atoms with van der Waals surface area (Å²) in [6, 6.07) is 38.3. The van der Waals surface area contributed by atoms with E-state index in [1.807, 2.05) is 42.5 Å². The van der Waals surface area contributed by atoms with Crippen molar-refractivity contribution in [3.63, 3.8) is 0 Å². The van der Waals surface area contributed by atoms with E-state index in [1.54, 1.807) is 116 Å². The summed E-state index contributed by atoms with van der Waals surface area (Å²) in [5.74, 6) is -0.393. The van der Waals surface area contributed by atoms with Crippen LogP contribution in [0.4, 0.5) is 5.69 Å². The van der Waals surface area contributed by atoms with Gasteiger partial charge < -0.3 is 19.9 Å². The SMILES string of the molecule is C.Nc1cc(-c2cccc(Cl)c2)nc2cnccc12.O=C(O)c1cc(-c2cccc(Cl)c2)nc2cnccc12.[N-]=[N+]=NP(=O)(Oc1ccccc1)Oc1ccccc1. The van der Waals surface area contributed by atoms with Gasteiger partial charge in [0.2, 0.25) is 0 Å². The number of pyridine rings is 4. The lowest BCUT2D eigenvalue weighted by Gasteiger charge is -2.14. The van der Waals surface area contributed by atoms with E-state index in [1.165, 1.54) is 0 Å². The van der Waals surface area contributed by atoms with Gasteiger partial charge in [0.25, 0.3) is 0 Å². The molecule has 8 aromatic rings. The zero-order valence-corrected chi connectivity index (χ0v) is 31.9. The zero-order chi connectivity index (χ0) is 40.2. The summed E-state index contributed by atoms with van der Waals surface area (Å²) < 4.78 is 22.6. The molecule has 0 aliphatic rings. The van der Waals surface area contributed by atoms with Gasteiger partial charge in [0.05, 0.1) is 40.4 Å². The molecule has 0 saturated carbocycles. The van der Waals surface area contributed by atoms with Crippen molar-refractivity contribution >= 4 is 64.4 Å². The predicted molar refractivity (Wildman–Crippen MR) is 229 cm³/mol. The van der Waals surface area contributed by atoms with Gasteiger partial charge in [0.15, 0.2) is 0 Å². The second-order valence-corrected chi connectivity index (χ2v) is 14.1. The van der Waals surface area contributed by atoms with E-state index in [9.17, 15) is 14.5 Å². The van der Waals surface area contributed by atoms with Crippen molar-refractivity contribution < 1.29 is 23.5 Å². The number of carboxylic acids is 1. The molecule has 3 N–H and O–H groups in total. The zero-order valence-electron chi connectivity index (χ0n) is 29.5. The van der Waals surface area contributed by atoms with Crippen molar-refractivity contribution in [2.75, 3.05) is 5.73 Å². The van der Waals surface area contributed by atoms with Crippen molar-refractivity contribution in [1.29, 1.82) is 0 Å². The van der Waals surface area contributed by atoms with Crippen molar-refractivity contribution in [1.82, 2.24) is 19.9 Å². The summed E-state index contributed by atoms with van der Waals surface area (Å²) in [5.41, 5.74) is 19.8. The summed E-state index contributed by atoms with van der Waals surface area (Å²) >= 11 is 11.9. The molecule has 16 heteroatoms. The topological polar surface area (TPSA) is 199 Å². The number of aromatic carboxylic acids is 1. The molecule has 0 aliphatic carbocycles. The largest absolute Gasteiger partial charge is 0.525 e. The van der Waals surface area contributed by atoms with Crippen molar-refractivity contribution in [2.24, 2.45) is 4.88 Å². The van der Waals surface area contributed by atoms with Crippen LogP contribution in [0, 0.1) is 0 Å². The molecule has 0 atom stereocenters. The second kappa shape index (κ2) is 19.7. The third kappa shape index (κ3) is 11.1. The summed E-state index contributed by atoms with van der Waals surface area (Å²) in [6.45, 7) is 0. The number of nitrogens with zero attached hydrogens (tertiary/aromatic N) is 7. The summed E-state index contributed by atoms with van der Waals surface area (Å²) in [4.78, 5) is 34.1. The molecule has 0 bridgehead atoms. The Morgan fingerprint density at radius 2 is 1.17 bits per heavy atom. The van der Waals surface area contributed by atoms with Crippen LogP contribution in [0.15, 0.2) is 163 Å². The number of fused-ring (bicyclic) bond motifs is 2. The fraction of sp³-hybridized carbons (Fsp3) is 0.0238. The van der Waals surface area contributed by atoms with Crippen LogP contribution in [-0.4, -0.2) is 31.0 Å². The first-order chi connectivity index (χ1) is 27.6. The molecule has 0 spiro atoms. The Labute approximate surface area is 342 Å². The number of nitrogens with two attached hydrogens (primary N) is 1. The number of azide groups is 1. The van der Waals surface area contributed by atoms with Crippen LogP contribution < -0.4 is 14.8 Å². The Balaban J connectivity index is 0.000000164. The maximum absolute atomic E-state index is 12.3. The Bertz CT molecular complexity index is 2730. The van der Waals surface area contributed by atoms with Crippen LogP contribution in [-0.2, 0) is 4.57 Å². The van der Waals surface area contributed by atoms with Gasteiger partial charge in [-0.3, -0.25) is 9.97 Å². The highest BCUT2D eigenvalue weighted by atomic mass is 35.5. The molecule has 4 heterocycles. The van der Waals surface area contributed by atoms with Gasteiger partial charge in [-0.25, -0.2) is 19.3 Å². The monoisotopic (exact) mass is 830 g/mol. The number of aromatic nitrogens is 4. The number of halogens is 2. The number of para-hydroxylation sites is 2. The Hall–Kier alpha value is -7.01. The third-order valence-corrected chi connectivity index (χ3v) is 9.46. The molecule has 0 amide bonds. The van der Waals surface area contributed by atoms with E-state index in [4.69, 9.17) is 43.5 Å². The average Bonchev–Trinajstić information content (AvgIpc) is 3.21. The van der Waals surface area contributed by atoms with E-state index < -0.39 is 13.7 Å². The molecule has 13 nitrogen and oxygen atoms in total. The predicted octanol–water partition coefficient (Wildman–Crippen LogP) is 12.4. The molecule has 0 fully saturated rings. The highest BCUT2D eigenvalue weighted by molar-refractivity contribution is 7.53. The van der Waals surface area contributed by atoms with E-state index in [-0.39, 0.29) is 13.0 Å². The molecule has 290 valence electrons. The lowest BCUT2D eigenvalue weighted by atomic mass is 10.1. The quantitative estimate of drug-likeness (QED) is 0.0642. The number of anilines is 1. The van der Waals surface area contributed by atoms with Crippen LogP contribution in [0.2, 0.25) is 10.0 Å². The third-order valence-electron chi connectivity index (χ3n) is 7.81. The lowest BCUT2D eigenvalue weighted by molar-refractivity contribution is 0.0699. The van der Waals surface area contributed by atoms with Crippen molar-refractivity contribution in [3.05, 3.63) is 184 Å². The number of carboxylic acid groups (broad SMARTS) is 1. The fourth-order valence-corrected chi connectivity index (χ4v) is 6.65. The van der Waals surface area contributed by atoms with Gasteiger partial charge >= 0.3 is 13.7 Å². The van der Waals surface area contributed by atoms with E-state index in [0.717, 1.165) is 27.7 Å². The van der Waals surface area contributed by atoms with Gasteiger partial charge in [-0.15, -0.1) is 0 Å². The number of nitrogen functional groups attached to an aromatic ring is 1. The number of hydrogen-bond donors (Lipinski definition) is 2. The minimum Gasteiger partial charge on any atom is -0.478 e. The first-order valence-corrected chi connectivity index (χ1v) is 19.0. The number of hydrogen-bond acceptors (Lipinski definition) is 9. The maximum Gasteiger partial charge on any atom is 0.525 e. The second-order valence-electron chi connectivity index (χ2n) is 11.7. The van der Waals surface area contributed by atoms with E-state index in [0.29, 0.717) is 43.8 Å². The maximum atomic E-state index is 12.3. The van der Waals surface area contributed by atoms with Crippen LogP contribution in [0.25, 0.3) is 54.8 Å². The number of rotatable bonds is 8. The summed E-state index contributed by atoms with van der Waals surface area (Å²) in [5, 5.41) is 12.1.